The van der Waals surface area contributed by atoms with Crippen LogP contribution in [0.5, 0.6) is 0 Å². The maximum absolute atomic E-state index is 10.5. The predicted octanol–water partition coefficient (Wildman–Crippen LogP) is 2.67. The average Bonchev–Trinajstić information content (AvgIpc) is 3.00. The first-order chi connectivity index (χ1) is 7.64. The maximum Gasteiger partial charge on any atom is 0.0947 e. The number of methoxy groups -OCH3 is 1. The van der Waals surface area contributed by atoms with Gasteiger partial charge >= 0.3 is 0 Å². The van der Waals surface area contributed by atoms with Crippen molar-refractivity contribution in [3.63, 3.8) is 0 Å². The number of rotatable bonds is 5. The van der Waals surface area contributed by atoms with Crippen LogP contribution in [-0.2, 0) is 11.2 Å². The quantitative estimate of drug-likeness (QED) is 0.858. The lowest BCUT2D eigenvalue weighted by atomic mass is 9.90. The molecule has 2 nitrogen and oxygen atoms in total. The summed E-state index contributed by atoms with van der Waals surface area (Å²) in [4.78, 5) is 0. The number of halogens is 1. The molecule has 0 heterocycles. The van der Waals surface area contributed by atoms with Gasteiger partial charge in [-0.15, -0.1) is 0 Å². The second-order valence-corrected chi connectivity index (χ2v) is 5.05. The van der Waals surface area contributed by atoms with E-state index in [1.54, 1.807) is 7.11 Å². The summed E-state index contributed by atoms with van der Waals surface area (Å²) < 4.78 is 5.13. The van der Waals surface area contributed by atoms with Gasteiger partial charge in [-0.3, -0.25) is 0 Å². The van der Waals surface area contributed by atoms with Crippen LogP contribution in [-0.4, -0.2) is 24.4 Å². The molecular weight excluding hydrogens is 224 g/mol. The standard InChI is InChI=1S/C13H17ClO2/c1-16-9-13(15,11-5-6-11)8-10-3-2-4-12(14)7-10/h2-4,7,11,15H,5-6,8-9H2,1H3. The Bertz CT molecular complexity index is 363. The van der Waals surface area contributed by atoms with Crippen molar-refractivity contribution in [2.75, 3.05) is 13.7 Å². The zero-order chi connectivity index (χ0) is 11.6. The summed E-state index contributed by atoms with van der Waals surface area (Å²) in [6.45, 7) is 0.393. The number of hydrogen-bond acceptors (Lipinski definition) is 2. The third kappa shape index (κ3) is 2.76. The van der Waals surface area contributed by atoms with Crippen molar-refractivity contribution >= 4 is 11.6 Å². The second-order valence-electron chi connectivity index (χ2n) is 4.62. The molecule has 0 aromatic heterocycles. The summed E-state index contributed by atoms with van der Waals surface area (Å²) in [6.07, 6.45) is 2.81. The Morgan fingerprint density at radius 3 is 2.81 bits per heavy atom. The van der Waals surface area contributed by atoms with Gasteiger partial charge in [-0.25, -0.2) is 0 Å². The van der Waals surface area contributed by atoms with Crippen molar-refractivity contribution in [1.82, 2.24) is 0 Å². The van der Waals surface area contributed by atoms with Crippen molar-refractivity contribution in [3.05, 3.63) is 34.9 Å². The van der Waals surface area contributed by atoms with Crippen LogP contribution in [0, 0.1) is 5.92 Å². The summed E-state index contributed by atoms with van der Waals surface area (Å²) in [5.74, 6) is 0.381. The first-order valence-electron chi connectivity index (χ1n) is 5.60. The Labute approximate surface area is 101 Å². The monoisotopic (exact) mass is 240 g/mol. The van der Waals surface area contributed by atoms with E-state index in [0.717, 1.165) is 18.4 Å². The normalized spacial score (nSPS) is 19.4. The van der Waals surface area contributed by atoms with Crippen molar-refractivity contribution in [2.24, 2.45) is 5.92 Å². The SMILES string of the molecule is COCC(O)(Cc1cccc(Cl)c1)C1CC1. The van der Waals surface area contributed by atoms with Gasteiger partial charge < -0.3 is 9.84 Å². The zero-order valence-electron chi connectivity index (χ0n) is 9.45. The number of ether oxygens (including phenoxy) is 1. The molecule has 1 fully saturated rings. The molecule has 0 saturated heterocycles. The van der Waals surface area contributed by atoms with E-state index in [1.165, 1.54) is 0 Å². The fourth-order valence-corrected chi connectivity index (χ4v) is 2.40. The lowest BCUT2D eigenvalue weighted by Gasteiger charge is -2.27. The van der Waals surface area contributed by atoms with Gasteiger partial charge in [0.25, 0.3) is 0 Å². The van der Waals surface area contributed by atoms with Crippen molar-refractivity contribution in [1.29, 1.82) is 0 Å². The molecule has 0 amide bonds. The highest BCUT2D eigenvalue weighted by Gasteiger charge is 2.43. The van der Waals surface area contributed by atoms with Gasteiger partial charge in [0, 0.05) is 18.6 Å². The molecule has 1 unspecified atom stereocenters. The minimum atomic E-state index is -0.723. The van der Waals surface area contributed by atoms with Crippen LogP contribution in [0.3, 0.4) is 0 Å². The highest BCUT2D eigenvalue weighted by Crippen LogP contribution is 2.41. The van der Waals surface area contributed by atoms with Gasteiger partial charge in [0.1, 0.15) is 0 Å². The third-order valence-electron chi connectivity index (χ3n) is 3.13. The summed E-state index contributed by atoms with van der Waals surface area (Å²) in [5, 5.41) is 11.2. The molecule has 0 bridgehead atoms. The first-order valence-corrected chi connectivity index (χ1v) is 5.97. The Morgan fingerprint density at radius 2 is 2.25 bits per heavy atom. The van der Waals surface area contributed by atoms with E-state index >= 15 is 0 Å². The van der Waals surface area contributed by atoms with Crippen molar-refractivity contribution < 1.29 is 9.84 Å². The van der Waals surface area contributed by atoms with Crippen LogP contribution in [0.4, 0.5) is 0 Å². The van der Waals surface area contributed by atoms with Crippen LogP contribution < -0.4 is 0 Å². The minimum Gasteiger partial charge on any atom is -0.387 e. The van der Waals surface area contributed by atoms with Crippen LogP contribution >= 0.6 is 11.6 Å². The van der Waals surface area contributed by atoms with E-state index in [0.29, 0.717) is 24.0 Å². The van der Waals surface area contributed by atoms with E-state index in [4.69, 9.17) is 16.3 Å². The number of aliphatic hydroxyl groups is 1. The molecule has 88 valence electrons. The molecule has 3 heteroatoms. The molecular formula is C13H17ClO2. The average molecular weight is 241 g/mol. The van der Waals surface area contributed by atoms with Gasteiger partial charge in [0.15, 0.2) is 0 Å². The third-order valence-corrected chi connectivity index (χ3v) is 3.37. The van der Waals surface area contributed by atoms with Gasteiger partial charge in [0.2, 0.25) is 0 Å². The molecule has 0 radical (unpaired) electrons. The topological polar surface area (TPSA) is 29.5 Å². The zero-order valence-corrected chi connectivity index (χ0v) is 10.2. The summed E-state index contributed by atoms with van der Waals surface area (Å²) in [5.41, 5.74) is 0.346. The summed E-state index contributed by atoms with van der Waals surface area (Å²) >= 11 is 5.93. The first kappa shape index (κ1) is 11.9. The van der Waals surface area contributed by atoms with Gasteiger partial charge in [-0.05, 0) is 36.5 Å². The number of hydrogen-bond donors (Lipinski definition) is 1. The van der Waals surface area contributed by atoms with Gasteiger partial charge in [-0.2, -0.15) is 0 Å². The molecule has 1 aliphatic carbocycles. The Balaban J connectivity index is 2.10. The lowest BCUT2D eigenvalue weighted by molar-refractivity contribution is -0.0474. The van der Waals surface area contributed by atoms with E-state index in [2.05, 4.69) is 0 Å². The fraction of sp³-hybridized carbons (Fsp3) is 0.538. The van der Waals surface area contributed by atoms with E-state index in [9.17, 15) is 5.11 Å². The predicted molar refractivity (Wildman–Crippen MR) is 64.7 cm³/mol. The molecule has 1 aromatic carbocycles. The van der Waals surface area contributed by atoms with Crippen LogP contribution in [0.15, 0.2) is 24.3 Å². The molecule has 1 aliphatic rings. The molecule has 2 rings (SSSR count). The highest BCUT2D eigenvalue weighted by atomic mass is 35.5. The molecule has 0 spiro atoms. The fourth-order valence-electron chi connectivity index (χ4n) is 2.18. The van der Waals surface area contributed by atoms with Crippen molar-refractivity contribution in [2.45, 2.75) is 24.9 Å². The largest absolute Gasteiger partial charge is 0.387 e. The molecule has 1 atom stereocenters. The molecule has 0 aliphatic heterocycles. The van der Waals surface area contributed by atoms with E-state index in [-0.39, 0.29) is 0 Å². The molecule has 1 aromatic rings. The number of benzene rings is 1. The Morgan fingerprint density at radius 1 is 1.50 bits per heavy atom. The molecule has 1 N–H and O–H groups in total. The Hall–Kier alpha value is -0.570. The van der Waals surface area contributed by atoms with Crippen molar-refractivity contribution in [3.8, 4) is 0 Å². The van der Waals surface area contributed by atoms with Gasteiger partial charge in [0.05, 0.1) is 12.2 Å². The molecule has 16 heavy (non-hydrogen) atoms. The smallest absolute Gasteiger partial charge is 0.0947 e. The minimum absolute atomic E-state index is 0.381. The van der Waals surface area contributed by atoms with E-state index < -0.39 is 5.60 Å². The second kappa shape index (κ2) is 4.74. The lowest BCUT2D eigenvalue weighted by Crippen LogP contribution is -2.39. The highest BCUT2D eigenvalue weighted by molar-refractivity contribution is 6.30. The van der Waals surface area contributed by atoms with Crippen LogP contribution in [0.2, 0.25) is 5.02 Å². The van der Waals surface area contributed by atoms with Gasteiger partial charge in [-0.1, -0.05) is 23.7 Å². The van der Waals surface area contributed by atoms with Crippen LogP contribution in [0.25, 0.3) is 0 Å². The summed E-state index contributed by atoms with van der Waals surface area (Å²) in [7, 11) is 1.63. The molecule has 1 saturated carbocycles. The van der Waals surface area contributed by atoms with E-state index in [1.807, 2.05) is 24.3 Å². The Kier molecular flexibility index (Phi) is 3.53. The summed E-state index contributed by atoms with van der Waals surface area (Å²) in [6, 6.07) is 7.66. The maximum atomic E-state index is 10.5. The van der Waals surface area contributed by atoms with Crippen LogP contribution in [0.1, 0.15) is 18.4 Å².